The lowest BCUT2D eigenvalue weighted by Gasteiger charge is -2.16. The lowest BCUT2D eigenvalue weighted by atomic mass is 10.2. The van der Waals surface area contributed by atoms with Crippen molar-refractivity contribution in [1.82, 2.24) is 15.2 Å². The molecule has 7 heteroatoms. The summed E-state index contributed by atoms with van der Waals surface area (Å²) >= 11 is 0. The van der Waals surface area contributed by atoms with Crippen LogP contribution in [0.25, 0.3) is 11.4 Å². The van der Waals surface area contributed by atoms with Gasteiger partial charge in [0.1, 0.15) is 18.7 Å². The van der Waals surface area contributed by atoms with Crippen LogP contribution in [0.2, 0.25) is 0 Å². The van der Waals surface area contributed by atoms with Gasteiger partial charge in [0, 0.05) is 17.3 Å². The van der Waals surface area contributed by atoms with Crippen LogP contribution in [0.5, 0.6) is 5.75 Å². The van der Waals surface area contributed by atoms with Crippen molar-refractivity contribution in [3.8, 4) is 17.1 Å². The molecule has 24 heavy (non-hydrogen) atoms. The Morgan fingerprint density at radius 3 is 2.79 bits per heavy atom. The Balaban J connectivity index is 1.59. The van der Waals surface area contributed by atoms with Gasteiger partial charge in [-0.05, 0) is 31.2 Å². The number of hydrogen-bond acceptors (Lipinski definition) is 4. The predicted molar refractivity (Wildman–Crippen MR) is 86.8 cm³/mol. The standard InChI is InChI=1S/C17H16F2N4O/c1-11(9-24-14-5-6-15(18)16(19)8-14)22-13-4-2-3-12(7-13)17-20-10-21-23-17/h2-8,10-11,22H,9H2,1H3,(H,20,21,23)/t11-/m0/s1. The van der Waals surface area contributed by atoms with Crippen LogP contribution in [0.3, 0.4) is 0 Å². The number of hydrogen-bond donors (Lipinski definition) is 2. The van der Waals surface area contributed by atoms with E-state index in [0.29, 0.717) is 12.4 Å². The minimum atomic E-state index is -0.923. The van der Waals surface area contributed by atoms with Gasteiger partial charge >= 0.3 is 0 Å². The number of aromatic nitrogens is 3. The van der Waals surface area contributed by atoms with Crippen molar-refractivity contribution in [3.05, 3.63) is 60.4 Å². The quantitative estimate of drug-likeness (QED) is 0.724. The second-order valence-corrected chi connectivity index (χ2v) is 5.35. The number of benzene rings is 2. The number of ether oxygens (including phenoxy) is 1. The van der Waals surface area contributed by atoms with Crippen molar-refractivity contribution in [1.29, 1.82) is 0 Å². The van der Waals surface area contributed by atoms with E-state index in [1.54, 1.807) is 0 Å². The number of rotatable bonds is 6. The number of nitrogens with zero attached hydrogens (tertiary/aromatic N) is 2. The zero-order chi connectivity index (χ0) is 16.9. The van der Waals surface area contributed by atoms with E-state index in [-0.39, 0.29) is 11.8 Å². The smallest absolute Gasteiger partial charge is 0.162 e. The van der Waals surface area contributed by atoms with Crippen LogP contribution in [0.1, 0.15) is 6.92 Å². The molecule has 124 valence electrons. The zero-order valence-corrected chi connectivity index (χ0v) is 13.0. The highest BCUT2D eigenvalue weighted by molar-refractivity contribution is 5.62. The van der Waals surface area contributed by atoms with E-state index in [9.17, 15) is 8.78 Å². The maximum absolute atomic E-state index is 13.1. The zero-order valence-electron chi connectivity index (χ0n) is 13.0. The van der Waals surface area contributed by atoms with Gasteiger partial charge in [-0.25, -0.2) is 13.8 Å². The minimum Gasteiger partial charge on any atom is -0.491 e. The van der Waals surface area contributed by atoms with E-state index in [2.05, 4.69) is 20.5 Å². The van der Waals surface area contributed by atoms with Gasteiger partial charge < -0.3 is 10.1 Å². The SMILES string of the molecule is C[C@@H](COc1ccc(F)c(F)c1)Nc1cccc(-c2ncn[nH]2)c1. The molecule has 0 fully saturated rings. The topological polar surface area (TPSA) is 62.8 Å². The summed E-state index contributed by atoms with van der Waals surface area (Å²) in [5.41, 5.74) is 1.80. The number of aromatic amines is 1. The van der Waals surface area contributed by atoms with Crippen LogP contribution < -0.4 is 10.1 Å². The summed E-state index contributed by atoms with van der Waals surface area (Å²) in [5.74, 6) is -0.840. The molecule has 1 heterocycles. The monoisotopic (exact) mass is 330 g/mol. The second kappa shape index (κ2) is 7.08. The molecule has 0 aliphatic rings. The maximum Gasteiger partial charge on any atom is 0.162 e. The van der Waals surface area contributed by atoms with Crippen LogP contribution in [0, 0.1) is 11.6 Å². The molecular formula is C17H16F2N4O. The number of H-pyrrole nitrogens is 1. The van der Waals surface area contributed by atoms with Crippen LogP contribution in [-0.4, -0.2) is 27.8 Å². The van der Waals surface area contributed by atoms with Gasteiger partial charge in [-0.2, -0.15) is 5.10 Å². The molecule has 0 unspecified atom stereocenters. The van der Waals surface area contributed by atoms with Gasteiger partial charge in [-0.1, -0.05) is 12.1 Å². The molecule has 0 saturated carbocycles. The Morgan fingerprint density at radius 2 is 2.04 bits per heavy atom. The molecule has 2 N–H and O–H groups in total. The predicted octanol–water partition coefficient (Wildman–Crippen LogP) is 3.63. The highest BCUT2D eigenvalue weighted by Gasteiger charge is 2.08. The first-order valence-electron chi connectivity index (χ1n) is 7.42. The van der Waals surface area contributed by atoms with Crippen LogP contribution in [0.4, 0.5) is 14.5 Å². The van der Waals surface area contributed by atoms with Gasteiger partial charge in [0.25, 0.3) is 0 Å². The Kier molecular flexibility index (Phi) is 4.69. The molecule has 3 rings (SSSR count). The molecule has 0 aliphatic heterocycles. The van der Waals surface area contributed by atoms with E-state index in [1.165, 1.54) is 12.4 Å². The second-order valence-electron chi connectivity index (χ2n) is 5.35. The van der Waals surface area contributed by atoms with Crippen molar-refractivity contribution < 1.29 is 13.5 Å². The summed E-state index contributed by atoms with van der Waals surface area (Å²) in [4.78, 5) is 4.11. The Bertz CT molecular complexity index is 808. The molecule has 0 aliphatic carbocycles. The fourth-order valence-corrected chi connectivity index (χ4v) is 2.21. The molecule has 0 bridgehead atoms. The fraction of sp³-hybridized carbons (Fsp3) is 0.176. The summed E-state index contributed by atoms with van der Waals surface area (Å²) in [6, 6.07) is 11.1. The first kappa shape index (κ1) is 15.9. The maximum atomic E-state index is 13.1. The average Bonchev–Trinajstić information content (AvgIpc) is 3.11. The van der Waals surface area contributed by atoms with Gasteiger partial charge in [0.15, 0.2) is 17.5 Å². The van der Waals surface area contributed by atoms with Crippen LogP contribution in [-0.2, 0) is 0 Å². The number of halogens is 2. The summed E-state index contributed by atoms with van der Waals surface area (Å²) in [6.07, 6.45) is 1.45. The third kappa shape index (κ3) is 3.87. The van der Waals surface area contributed by atoms with Crippen molar-refractivity contribution in [2.75, 3.05) is 11.9 Å². The summed E-state index contributed by atoms with van der Waals surface area (Å²) in [7, 11) is 0. The lowest BCUT2D eigenvalue weighted by molar-refractivity contribution is 0.301. The van der Waals surface area contributed by atoms with E-state index >= 15 is 0 Å². The molecule has 0 amide bonds. The van der Waals surface area contributed by atoms with Crippen LogP contribution >= 0.6 is 0 Å². The Morgan fingerprint density at radius 1 is 1.17 bits per heavy atom. The molecule has 1 aromatic heterocycles. The van der Waals surface area contributed by atoms with Crippen molar-refractivity contribution >= 4 is 5.69 Å². The highest BCUT2D eigenvalue weighted by atomic mass is 19.2. The Labute approximate surface area is 137 Å². The normalized spacial score (nSPS) is 12.0. The third-order valence-electron chi connectivity index (χ3n) is 3.36. The molecule has 2 aromatic carbocycles. The third-order valence-corrected chi connectivity index (χ3v) is 3.36. The fourth-order valence-electron chi connectivity index (χ4n) is 2.21. The molecule has 0 spiro atoms. The van der Waals surface area contributed by atoms with Gasteiger partial charge in [-0.15, -0.1) is 0 Å². The Hall–Kier alpha value is -2.96. The van der Waals surface area contributed by atoms with E-state index in [0.717, 1.165) is 23.4 Å². The van der Waals surface area contributed by atoms with E-state index < -0.39 is 11.6 Å². The summed E-state index contributed by atoms with van der Waals surface area (Å²) in [5, 5.41) is 9.93. The van der Waals surface area contributed by atoms with Crippen LogP contribution in [0.15, 0.2) is 48.8 Å². The van der Waals surface area contributed by atoms with Gasteiger partial charge in [-0.3, -0.25) is 5.10 Å². The largest absolute Gasteiger partial charge is 0.491 e. The van der Waals surface area contributed by atoms with E-state index in [4.69, 9.17) is 4.74 Å². The van der Waals surface area contributed by atoms with Crippen molar-refractivity contribution in [2.24, 2.45) is 0 Å². The number of anilines is 1. The van der Waals surface area contributed by atoms with Crippen molar-refractivity contribution in [2.45, 2.75) is 13.0 Å². The highest BCUT2D eigenvalue weighted by Crippen LogP contribution is 2.20. The van der Waals surface area contributed by atoms with Crippen molar-refractivity contribution in [3.63, 3.8) is 0 Å². The minimum absolute atomic E-state index is 0.0388. The van der Waals surface area contributed by atoms with Gasteiger partial charge in [0.05, 0.1) is 6.04 Å². The first-order valence-corrected chi connectivity index (χ1v) is 7.42. The molecule has 0 radical (unpaired) electrons. The molecule has 5 nitrogen and oxygen atoms in total. The van der Waals surface area contributed by atoms with E-state index in [1.807, 2.05) is 31.2 Å². The average molecular weight is 330 g/mol. The molecule has 1 atom stereocenters. The number of nitrogens with one attached hydrogen (secondary N) is 2. The lowest BCUT2D eigenvalue weighted by Crippen LogP contribution is -2.23. The molecule has 0 saturated heterocycles. The summed E-state index contributed by atoms with van der Waals surface area (Å²) in [6.45, 7) is 2.23. The summed E-state index contributed by atoms with van der Waals surface area (Å²) < 4.78 is 31.5. The first-order chi connectivity index (χ1) is 11.6. The molecule has 3 aromatic rings. The molecular weight excluding hydrogens is 314 g/mol. The van der Waals surface area contributed by atoms with Gasteiger partial charge in [0.2, 0.25) is 0 Å².